The number of hydrogen-bond donors (Lipinski definition) is 3. The van der Waals surface area contributed by atoms with Crippen LogP contribution in [0, 0.1) is 0 Å². The number of carboxylic acid groups (broad SMARTS) is 1. The van der Waals surface area contributed by atoms with Gasteiger partial charge in [0.25, 0.3) is 0 Å². The molecule has 0 saturated heterocycles. The predicted molar refractivity (Wildman–Crippen MR) is 92.6 cm³/mol. The highest BCUT2D eigenvalue weighted by Gasteiger charge is 2.16. The number of aliphatic hydroxyl groups is 1. The summed E-state index contributed by atoms with van der Waals surface area (Å²) in [6.07, 6.45) is -0.393. The minimum Gasteiger partial charge on any atom is -0.481 e. The van der Waals surface area contributed by atoms with Gasteiger partial charge in [-0.3, -0.25) is 4.79 Å². The van der Waals surface area contributed by atoms with E-state index in [1.54, 1.807) is 41.9 Å². The van der Waals surface area contributed by atoms with Crippen LogP contribution in [0.1, 0.15) is 30.3 Å². The number of sulfonamides is 1. The van der Waals surface area contributed by atoms with E-state index in [0.29, 0.717) is 12.1 Å². The van der Waals surface area contributed by atoms with Crippen molar-refractivity contribution in [1.82, 2.24) is 9.29 Å². The van der Waals surface area contributed by atoms with Crippen molar-refractivity contribution in [3.05, 3.63) is 53.9 Å². The Bertz CT molecular complexity index is 815. The van der Waals surface area contributed by atoms with Gasteiger partial charge in [-0.15, -0.1) is 0 Å². The fourth-order valence-corrected chi connectivity index (χ4v) is 3.61. The van der Waals surface area contributed by atoms with E-state index in [4.69, 9.17) is 5.11 Å². The van der Waals surface area contributed by atoms with Gasteiger partial charge in [0.2, 0.25) is 10.0 Å². The molecule has 0 aliphatic heterocycles. The minimum atomic E-state index is -3.54. The molecule has 1 atom stereocenters. The second-order valence-electron chi connectivity index (χ2n) is 5.72. The summed E-state index contributed by atoms with van der Waals surface area (Å²) in [4.78, 5) is 10.8. The van der Waals surface area contributed by atoms with Crippen LogP contribution in [0.3, 0.4) is 0 Å². The van der Waals surface area contributed by atoms with E-state index in [1.807, 2.05) is 0 Å². The van der Waals surface area contributed by atoms with Gasteiger partial charge < -0.3 is 14.8 Å². The van der Waals surface area contributed by atoms with Crippen LogP contribution in [0.2, 0.25) is 0 Å². The summed E-state index contributed by atoms with van der Waals surface area (Å²) >= 11 is 0. The lowest BCUT2D eigenvalue weighted by molar-refractivity contribution is -0.137. The van der Waals surface area contributed by atoms with Crippen LogP contribution in [0.25, 0.3) is 0 Å². The number of carbonyl (C=O) groups is 1. The van der Waals surface area contributed by atoms with Crippen LogP contribution >= 0.6 is 0 Å². The third kappa shape index (κ3) is 5.15. The van der Waals surface area contributed by atoms with Crippen LogP contribution in [-0.2, 0) is 28.3 Å². The molecule has 2 aromatic rings. The molecule has 1 aromatic carbocycles. The molecule has 0 fully saturated rings. The maximum absolute atomic E-state index is 12.2. The number of benzene rings is 1. The van der Waals surface area contributed by atoms with Gasteiger partial charge in [0.1, 0.15) is 0 Å². The van der Waals surface area contributed by atoms with Gasteiger partial charge in [0.15, 0.2) is 0 Å². The fraction of sp³-hybridized carbons (Fsp3) is 0.353. The highest BCUT2D eigenvalue weighted by atomic mass is 32.2. The number of nitrogens with zero attached hydrogens (tertiary/aromatic N) is 1. The highest BCUT2D eigenvalue weighted by Crippen LogP contribution is 2.20. The molecule has 1 heterocycles. The second kappa shape index (κ2) is 8.28. The molecular weight excluding hydrogens is 344 g/mol. The Morgan fingerprint density at radius 1 is 1.20 bits per heavy atom. The maximum atomic E-state index is 12.2. The van der Waals surface area contributed by atoms with Crippen molar-refractivity contribution in [2.45, 2.75) is 30.3 Å². The Morgan fingerprint density at radius 3 is 2.52 bits per heavy atom. The normalized spacial score (nSPS) is 12.9. The van der Waals surface area contributed by atoms with Crippen molar-refractivity contribution in [3.63, 3.8) is 0 Å². The summed E-state index contributed by atoms with van der Waals surface area (Å²) in [6.45, 7) is 0.222. The van der Waals surface area contributed by atoms with Crippen LogP contribution in [-0.4, -0.2) is 35.7 Å². The van der Waals surface area contributed by atoms with Gasteiger partial charge >= 0.3 is 5.97 Å². The molecule has 3 N–H and O–H groups in total. The Balaban J connectivity index is 1.95. The Labute approximate surface area is 147 Å². The zero-order valence-corrected chi connectivity index (χ0v) is 14.7. The number of aliphatic carboxylic acids is 1. The molecule has 2 rings (SSSR count). The number of rotatable bonds is 9. The first-order valence-electron chi connectivity index (χ1n) is 7.90. The quantitative estimate of drug-likeness (QED) is 0.622. The van der Waals surface area contributed by atoms with Gasteiger partial charge in [0, 0.05) is 37.8 Å². The molecule has 0 bridgehead atoms. The summed E-state index contributed by atoms with van der Waals surface area (Å²) in [5.41, 5.74) is 1.46. The summed E-state index contributed by atoms with van der Waals surface area (Å²) in [7, 11) is -1.78. The Kier molecular flexibility index (Phi) is 6.35. The van der Waals surface area contributed by atoms with Crippen LogP contribution in [0.5, 0.6) is 0 Å². The summed E-state index contributed by atoms with van der Waals surface area (Å²) in [5, 5.41) is 18.8. The van der Waals surface area contributed by atoms with Gasteiger partial charge in [-0.25, -0.2) is 13.1 Å². The molecule has 1 unspecified atom stereocenters. The smallest absolute Gasteiger partial charge is 0.303 e. The minimum absolute atomic E-state index is 0.113. The van der Waals surface area contributed by atoms with E-state index in [1.165, 1.54) is 12.1 Å². The summed E-state index contributed by atoms with van der Waals surface area (Å²) in [5.74, 6) is -0.955. The molecule has 8 heteroatoms. The third-order valence-electron chi connectivity index (χ3n) is 3.96. The van der Waals surface area contributed by atoms with Crippen molar-refractivity contribution in [2.24, 2.45) is 7.05 Å². The number of hydrogen-bond acceptors (Lipinski definition) is 4. The first-order valence-corrected chi connectivity index (χ1v) is 9.38. The lowest BCUT2D eigenvalue weighted by Crippen LogP contribution is -2.26. The molecule has 0 aliphatic carbocycles. The molecule has 1 aromatic heterocycles. The van der Waals surface area contributed by atoms with Gasteiger partial charge in [0.05, 0.1) is 11.0 Å². The van der Waals surface area contributed by atoms with Crippen molar-refractivity contribution < 1.29 is 23.4 Å². The van der Waals surface area contributed by atoms with Crippen molar-refractivity contribution >= 4 is 16.0 Å². The molecule has 0 spiro atoms. The van der Waals surface area contributed by atoms with E-state index < -0.39 is 22.1 Å². The molecule has 7 nitrogen and oxygen atoms in total. The zero-order valence-electron chi connectivity index (χ0n) is 13.9. The van der Waals surface area contributed by atoms with E-state index in [-0.39, 0.29) is 24.3 Å². The van der Waals surface area contributed by atoms with E-state index >= 15 is 0 Å². The van der Waals surface area contributed by atoms with E-state index in [9.17, 15) is 18.3 Å². The largest absolute Gasteiger partial charge is 0.481 e. The van der Waals surface area contributed by atoms with Crippen LogP contribution in [0.15, 0.2) is 47.4 Å². The topological polar surface area (TPSA) is 109 Å². The van der Waals surface area contributed by atoms with Crippen LogP contribution in [0.4, 0.5) is 0 Å². The molecular formula is C17H22N2O5S. The van der Waals surface area contributed by atoms with E-state index in [0.717, 1.165) is 5.69 Å². The fourth-order valence-electron chi connectivity index (χ4n) is 2.56. The maximum Gasteiger partial charge on any atom is 0.303 e. The average Bonchev–Trinajstić information content (AvgIpc) is 2.94. The molecule has 0 radical (unpaired) electrons. The summed E-state index contributed by atoms with van der Waals surface area (Å²) in [6, 6.07) is 11.7. The first-order chi connectivity index (χ1) is 11.8. The molecule has 0 aliphatic rings. The zero-order chi connectivity index (χ0) is 18.4. The van der Waals surface area contributed by atoms with E-state index in [2.05, 4.69) is 4.72 Å². The number of aliphatic hydroxyl groups excluding tert-OH is 1. The summed E-state index contributed by atoms with van der Waals surface area (Å²) < 4.78 is 28.6. The highest BCUT2D eigenvalue weighted by molar-refractivity contribution is 7.89. The molecule has 136 valence electrons. The average molecular weight is 366 g/mol. The predicted octanol–water partition coefficient (Wildman–Crippen LogP) is 1.44. The standard InChI is InChI=1S/C17H22N2O5S/c1-19-13(7-8-15(19)16(20)9-10-17(21)22)11-12-18-25(23,24)14-5-3-2-4-6-14/h2-8,16,18,20H,9-12H2,1H3,(H,21,22). The molecule has 25 heavy (non-hydrogen) atoms. The number of nitrogens with one attached hydrogen (secondary N) is 1. The third-order valence-corrected chi connectivity index (χ3v) is 5.44. The number of aromatic nitrogens is 1. The van der Waals surface area contributed by atoms with Gasteiger partial charge in [-0.05, 0) is 30.7 Å². The van der Waals surface area contributed by atoms with Gasteiger partial charge in [-0.2, -0.15) is 0 Å². The Morgan fingerprint density at radius 2 is 1.88 bits per heavy atom. The van der Waals surface area contributed by atoms with Crippen molar-refractivity contribution in [3.8, 4) is 0 Å². The first kappa shape index (κ1) is 19.2. The molecule has 0 amide bonds. The lowest BCUT2D eigenvalue weighted by Gasteiger charge is -2.13. The van der Waals surface area contributed by atoms with Crippen molar-refractivity contribution in [2.75, 3.05) is 6.54 Å². The lowest BCUT2D eigenvalue weighted by atomic mass is 10.1. The van der Waals surface area contributed by atoms with Crippen LogP contribution < -0.4 is 4.72 Å². The monoisotopic (exact) mass is 366 g/mol. The van der Waals surface area contributed by atoms with Crippen molar-refractivity contribution in [1.29, 1.82) is 0 Å². The SMILES string of the molecule is Cn1c(CCNS(=O)(=O)c2ccccc2)ccc1C(O)CCC(=O)O. The molecule has 0 saturated carbocycles. The Hall–Kier alpha value is -2.16. The number of carboxylic acids is 1. The van der Waals surface area contributed by atoms with Gasteiger partial charge in [-0.1, -0.05) is 18.2 Å². The second-order valence-corrected chi connectivity index (χ2v) is 7.48.